The predicted molar refractivity (Wildman–Crippen MR) is 162 cm³/mol. The monoisotopic (exact) mass is 756 g/mol. The van der Waals surface area contributed by atoms with Crippen LogP contribution < -0.4 is 0 Å². The minimum atomic E-state index is -2.90. The zero-order chi connectivity index (χ0) is 40.3. The minimum Gasteiger partial charge on any atom is -0.478 e. The smallest absolute Gasteiger partial charge is 0.348 e. The van der Waals surface area contributed by atoms with Gasteiger partial charge in [0.05, 0.1) is 45.2 Å². The molecule has 0 aromatic heterocycles. The van der Waals surface area contributed by atoms with Gasteiger partial charge in [-0.1, -0.05) is 0 Å². The highest BCUT2D eigenvalue weighted by Gasteiger charge is 2.46. The van der Waals surface area contributed by atoms with Gasteiger partial charge < -0.3 is 63.4 Å². The van der Waals surface area contributed by atoms with Crippen molar-refractivity contribution < 1.29 is 107 Å². The first-order valence-electron chi connectivity index (χ1n) is 15.6. The summed E-state index contributed by atoms with van der Waals surface area (Å²) in [6.07, 6.45) is -22.6. The van der Waals surface area contributed by atoms with Crippen LogP contribution in [0.15, 0.2) is 0 Å². The zero-order valence-corrected chi connectivity index (χ0v) is 29.1. The van der Waals surface area contributed by atoms with Gasteiger partial charge in [-0.25, -0.2) is 28.8 Å². The van der Waals surface area contributed by atoms with Gasteiger partial charge >= 0.3 is 53.7 Å². The number of hydrogen-bond donors (Lipinski definition) is 5. The van der Waals surface area contributed by atoms with Crippen LogP contribution in [0.2, 0.25) is 0 Å². The molecule has 0 fully saturated rings. The number of rotatable bonds is 24. The van der Waals surface area contributed by atoms with Gasteiger partial charge in [-0.3, -0.25) is 14.4 Å². The maximum absolute atomic E-state index is 13.2. The topological polar surface area (TPSA) is 329 Å². The third-order valence-electron chi connectivity index (χ3n) is 6.08. The zero-order valence-electron chi connectivity index (χ0n) is 29.1. The van der Waals surface area contributed by atoms with E-state index < -0.39 is 128 Å². The summed E-state index contributed by atoms with van der Waals surface area (Å²) >= 11 is 0. The van der Waals surface area contributed by atoms with Crippen molar-refractivity contribution in [3.63, 3.8) is 0 Å². The van der Waals surface area contributed by atoms with E-state index in [1.54, 1.807) is 0 Å². The number of aliphatic hydroxyl groups is 3. The Kier molecular flexibility index (Phi) is 21.3. The van der Waals surface area contributed by atoms with Crippen LogP contribution in [0.4, 0.5) is 0 Å². The van der Waals surface area contributed by atoms with E-state index in [1.165, 1.54) is 34.6 Å². The summed E-state index contributed by atoms with van der Waals surface area (Å²) in [7, 11) is 0. The Morgan fingerprint density at radius 1 is 0.442 bits per heavy atom. The highest BCUT2D eigenvalue weighted by Crippen LogP contribution is 2.18. The number of aliphatic carboxylic acids is 2. The molecule has 0 radical (unpaired) electrons. The molecule has 0 saturated heterocycles. The van der Waals surface area contributed by atoms with Crippen LogP contribution >= 0.6 is 0 Å². The second-order valence-corrected chi connectivity index (χ2v) is 10.6. The lowest BCUT2D eigenvalue weighted by atomic mass is 10.1. The molecule has 5 N–H and O–H groups in total. The molecule has 22 nitrogen and oxygen atoms in total. The molecule has 52 heavy (non-hydrogen) atoms. The highest BCUT2D eigenvalue weighted by atomic mass is 16.6. The van der Waals surface area contributed by atoms with E-state index in [0.29, 0.717) is 0 Å². The number of aliphatic hydroxyl groups excluding tert-OH is 3. The predicted octanol–water partition coefficient (Wildman–Crippen LogP) is -2.44. The molecule has 9 unspecified atom stereocenters. The Balaban J connectivity index is 6.26. The fourth-order valence-electron chi connectivity index (χ4n) is 3.79. The van der Waals surface area contributed by atoms with Crippen molar-refractivity contribution in [1.82, 2.24) is 0 Å². The Morgan fingerprint density at radius 3 is 1.13 bits per heavy atom. The summed E-state index contributed by atoms with van der Waals surface area (Å²) in [4.78, 5) is 110. The maximum Gasteiger partial charge on any atom is 0.348 e. The molecule has 0 heterocycles. The van der Waals surface area contributed by atoms with E-state index in [4.69, 9.17) is 18.9 Å². The molecular weight excluding hydrogens is 712 g/mol. The van der Waals surface area contributed by atoms with Crippen molar-refractivity contribution in [2.45, 2.75) is 116 Å². The number of hydrogen-bond acceptors (Lipinski definition) is 20. The van der Waals surface area contributed by atoms with E-state index in [0.717, 1.165) is 6.92 Å². The molecule has 0 aliphatic carbocycles. The maximum atomic E-state index is 13.2. The summed E-state index contributed by atoms with van der Waals surface area (Å²) in [5.41, 5.74) is 0. The molecule has 0 aromatic carbocycles. The Labute approximate surface area is 296 Å². The van der Waals surface area contributed by atoms with Crippen molar-refractivity contribution in [3.05, 3.63) is 0 Å². The van der Waals surface area contributed by atoms with Gasteiger partial charge in [-0.05, 0) is 41.5 Å². The molecule has 0 aliphatic rings. The van der Waals surface area contributed by atoms with E-state index in [9.17, 15) is 68.7 Å². The van der Waals surface area contributed by atoms with Gasteiger partial charge in [-0.15, -0.1) is 0 Å². The summed E-state index contributed by atoms with van der Waals surface area (Å²) in [5, 5.41) is 50.2. The first-order valence-corrected chi connectivity index (χ1v) is 15.6. The van der Waals surface area contributed by atoms with Crippen LogP contribution in [-0.4, -0.2) is 154 Å². The van der Waals surface area contributed by atoms with Gasteiger partial charge in [0, 0.05) is 0 Å². The quantitative estimate of drug-likeness (QED) is 0.0504. The SMILES string of the molecule is CCOC(=O)CC(C)OC(=O)C(O)C(O)C(=O)OC(C(=O)O)C(OC(C)CC(=O)OCC)C(=O)OC(C(=O)O)C(O)C(=O)OC(C)CC(=O)OCC. The summed E-state index contributed by atoms with van der Waals surface area (Å²) < 4.78 is 38.2. The number of ether oxygens (including phenoxy) is 8. The third-order valence-corrected chi connectivity index (χ3v) is 6.08. The molecule has 22 heteroatoms. The second-order valence-electron chi connectivity index (χ2n) is 10.6. The fourth-order valence-corrected chi connectivity index (χ4v) is 3.79. The van der Waals surface area contributed by atoms with E-state index in [2.05, 4.69) is 18.9 Å². The van der Waals surface area contributed by atoms with E-state index >= 15 is 0 Å². The number of carboxylic acids is 2. The minimum absolute atomic E-state index is 0.000798. The van der Waals surface area contributed by atoms with Crippen LogP contribution in [0, 0.1) is 0 Å². The lowest BCUT2D eigenvalue weighted by Crippen LogP contribution is -2.53. The number of carboxylic acid groups (broad SMARTS) is 2. The van der Waals surface area contributed by atoms with Gasteiger partial charge in [0.2, 0.25) is 18.3 Å². The molecule has 0 bridgehead atoms. The molecule has 0 aliphatic heterocycles. The summed E-state index contributed by atoms with van der Waals surface area (Å²) in [6.45, 7) is 7.79. The second kappa shape index (κ2) is 23.5. The molecule has 0 amide bonds. The molecule has 296 valence electrons. The average Bonchev–Trinajstić information content (AvgIpc) is 3.03. The van der Waals surface area contributed by atoms with Gasteiger partial charge in [0.25, 0.3) is 0 Å². The fraction of sp³-hybridized carbons (Fsp3) is 0.700. The van der Waals surface area contributed by atoms with E-state index in [-0.39, 0.29) is 19.8 Å². The number of esters is 7. The largest absolute Gasteiger partial charge is 0.478 e. The normalized spacial score (nSPS) is 16.1. The van der Waals surface area contributed by atoms with Crippen molar-refractivity contribution in [2.75, 3.05) is 19.8 Å². The summed E-state index contributed by atoms with van der Waals surface area (Å²) in [6, 6.07) is 0. The molecule has 9 atom stereocenters. The Morgan fingerprint density at radius 2 is 0.769 bits per heavy atom. The van der Waals surface area contributed by atoms with Crippen LogP contribution in [0.3, 0.4) is 0 Å². The third kappa shape index (κ3) is 16.9. The van der Waals surface area contributed by atoms with Crippen molar-refractivity contribution in [3.8, 4) is 0 Å². The number of carbonyl (C=O) groups is 9. The first kappa shape index (κ1) is 47.1. The van der Waals surface area contributed by atoms with Crippen LogP contribution in [-0.2, 0) is 81.0 Å². The summed E-state index contributed by atoms with van der Waals surface area (Å²) in [5.74, 6) is -14.5. The lowest BCUT2D eigenvalue weighted by Gasteiger charge is -2.28. The Hall–Kier alpha value is -4.93. The molecular formula is C30H44O22. The van der Waals surface area contributed by atoms with Gasteiger partial charge in [-0.2, -0.15) is 0 Å². The van der Waals surface area contributed by atoms with Gasteiger partial charge in [0.15, 0.2) is 18.3 Å². The van der Waals surface area contributed by atoms with Crippen LogP contribution in [0.1, 0.15) is 60.8 Å². The van der Waals surface area contributed by atoms with Crippen LogP contribution in [0.25, 0.3) is 0 Å². The lowest BCUT2D eigenvalue weighted by molar-refractivity contribution is -0.205. The Bertz CT molecular complexity index is 1260. The molecule has 0 rings (SSSR count). The molecule has 0 aromatic rings. The standard InChI is InChI=1S/C30H44O22/c1-7-45-16(31)10-13(4)48-24(30(44)51-22(25(37)38)21(36)29(43)50-15(6)12-18(33)47-9-3)23(26(39)40)52-28(42)20(35)19(34)27(41)49-14(5)11-17(32)46-8-2/h13-15,19-24,34-36H,7-12H2,1-6H3,(H,37,38)(H,39,40). The van der Waals surface area contributed by atoms with Crippen molar-refractivity contribution in [1.29, 1.82) is 0 Å². The van der Waals surface area contributed by atoms with Gasteiger partial charge in [0.1, 0.15) is 12.2 Å². The first-order chi connectivity index (χ1) is 24.2. The van der Waals surface area contributed by atoms with Crippen LogP contribution in [0.5, 0.6) is 0 Å². The van der Waals surface area contributed by atoms with Crippen molar-refractivity contribution >= 4 is 53.7 Å². The van der Waals surface area contributed by atoms with E-state index in [1.807, 2.05) is 0 Å². The number of carbonyl (C=O) groups excluding carboxylic acids is 7. The molecule has 0 saturated carbocycles. The molecule has 0 spiro atoms. The highest BCUT2D eigenvalue weighted by molar-refractivity contribution is 5.92. The average molecular weight is 757 g/mol. The van der Waals surface area contributed by atoms with Crippen molar-refractivity contribution in [2.24, 2.45) is 0 Å².